The van der Waals surface area contributed by atoms with Crippen molar-refractivity contribution in [3.05, 3.63) is 35.8 Å². The number of aromatic nitrogens is 2. The highest BCUT2D eigenvalue weighted by Crippen LogP contribution is 2.18. The lowest BCUT2D eigenvalue weighted by molar-refractivity contribution is 0.174. The Balaban J connectivity index is 0.00000132. The summed E-state index contributed by atoms with van der Waals surface area (Å²) in [5.74, 6) is 0.852. The molecule has 1 aliphatic rings. The average Bonchev–Trinajstić information content (AvgIpc) is 2.88. The van der Waals surface area contributed by atoms with E-state index in [-0.39, 0.29) is 24.8 Å². The molecular formula is C17H28Cl2N4. The van der Waals surface area contributed by atoms with Crippen molar-refractivity contribution in [3.8, 4) is 0 Å². The first-order valence-corrected chi connectivity index (χ1v) is 8.12. The summed E-state index contributed by atoms with van der Waals surface area (Å²) >= 11 is 0. The predicted octanol–water partition coefficient (Wildman–Crippen LogP) is 3.31. The maximum atomic E-state index is 4.73. The molecule has 0 radical (unpaired) electrons. The van der Waals surface area contributed by atoms with E-state index < -0.39 is 0 Å². The van der Waals surface area contributed by atoms with Crippen molar-refractivity contribution in [1.29, 1.82) is 0 Å². The van der Waals surface area contributed by atoms with Gasteiger partial charge in [-0.15, -0.1) is 24.8 Å². The van der Waals surface area contributed by atoms with Gasteiger partial charge in [0.2, 0.25) is 0 Å². The van der Waals surface area contributed by atoms with Crippen LogP contribution in [-0.4, -0.2) is 40.5 Å². The Bertz CT molecular complexity index is 591. The van der Waals surface area contributed by atoms with E-state index in [9.17, 15) is 0 Å². The summed E-state index contributed by atoms with van der Waals surface area (Å²) in [5.41, 5.74) is 3.51. The minimum Gasteiger partial charge on any atom is -0.317 e. The first kappa shape index (κ1) is 20.2. The SMILES string of the molecule is CCNCC1CCN(Cc2cn3cc(C)ccc3n2)CC1.Cl.Cl. The van der Waals surface area contributed by atoms with Gasteiger partial charge in [-0.05, 0) is 63.5 Å². The van der Waals surface area contributed by atoms with Crippen LogP contribution in [0.25, 0.3) is 5.65 Å². The number of halogens is 2. The molecule has 0 aromatic carbocycles. The van der Waals surface area contributed by atoms with Crippen molar-refractivity contribution >= 4 is 30.5 Å². The van der Waals surface area contributed by atoms with Gasteiger partial charge in [0.05, 0.1) is 5.69 Å². The van der Waals surface area contributed by atoms with E-state index in [0.29, 0.717) is 0 Å². The van der Waals surface area contributed by atoms with Crippen molar-refractivity contribution < 1.29 is 0 Å². The van der Waals surface area contributed by atoms with Crippen LogP contribution < -0.4 is 5.32 Å². The molecule has 23 heavy (non-hydrogen) atoms. The molecule has 130 valence electrons. The lowest BCUT2D eigenvalue weighted by Gasteiger charge is -2.31. The summed E-state index contributed by atoms with van der Waals surface area (Å²) in [4.78, 5) is 7.26. The second kappa shape index (κ2) is 9.48. The Morgan fingerprint density at radius 3 is 2.61 bits per heavy atom. The Kier molecular flexibility index (Phi) is 8.34. The molecule has 0 spiro atoms. The van der Waals surface area contributed by atoms with Crippen molar-refractivity contribution in [3.63, 3.8) is 0 Å². The van der Waals surface area contributed by atoms with Crippen molar-refractivity contribution in [2.45, 2.75) is 33.2 Å². The second-order valence-electron chi connectivity index (χ2n) is 6.23. The largest absolute Gasteiger partial charge is 0.317 e. The molecule has 4 nitrogen and oxygen atoms in total. The van der Waals surface area contributed by atoms with E-state index >= 15 is 0 Å². The number of nitrogens with one attached hydrogen (secondary N) is 1. The van der Waals surface area contributed by atoms with Gasteiger partial charge in [-0.25, -0.2) is 4.98 Å². The quantitative estimate of drug-likeness (QED) is 0.889. The third kappa shape index (κ3) is 5.35. The molecule has 1 aliphatic heterocycles. The minimum atomic E-state index is 0. The van der Waals surface area contributed by atoms with Crippen LogP contribution in [0.3, 0.4) is 0 Å². The zero-order chi connectivity index (χ0) is 14.7. The fourth-order valence-electron chi connectivity index (χ4n) is 3.16. The zero-order valence-electron chi connectivity index (χ0n) is 14.0. The number of nitrogens with zero attached hydrogens (tertiary/aromatic N) is 3. The van der Waals surface area contributed by atoms with Gasteiger partial charge < -0.3 is 9.72 Å². The number of piperidine rings is 1. The van der Waals surface area contributed by atoms with Gasteiger partial charge in [0.15, 0.2) is 0 Å². The summed E-state index contributed by atoms with van der Waals surface area (Å²) < 4.78 is 2.14. The van der Waals surface area contributed by atoms with Crippen LogP contribution in [0.4, 0.5) is 0 Å². The Morgan fingerprint density at radius 2 is 1.91 bits per heavy atom. The van der Waals surface area contributed by atoms with Crippen LogP contribution in [0, 0.1) is 12.8 Å². The van der Waals surface area contributed by atoms with Crippen molar-refractivity contribution in [1.82, 2.24) is 19.6 Å². The Morgan fingerprint density at radius 1 is 1.17 bits per heavy atom. The van der Waals surface area contributed by atoms with Gasteiger partial charge in [0.1, 0.15) is 5.65 Å². The monoisotopic (exact) mass is 358 g/mol. The van der Waals surface area contributed by atoms with E-state index in [1.165, 1.54) is 43.7 Å². The summed E-state index contributed by atoms with van der Waals surface area (Å²) in [5, 5.41) is 3.47. The number of aryl methyl sites for hydroxylation is 1. The molecule has 1 fully saturated rings. The molecule has 1 saturated heterocycles. The third-order valence-electron chi connectivity index (χ3n) is 4.42. The summed E-state index contributed by atoms with van der Waals surface area (Å²) in [6.45, 7) is 9.94. The molecule has 2 aromatic rings. The number of hydrogen-bond acceptors (Lipinski definition) is 3. The predicted molar refractivity (Wildman–Crippen MR) is 101 cm³/mol. The van der Waals surface area contributed by atoms with Crippen LogP contribution in [0.2, 0.25) is 0 Å². The summed E-state index contributed by atoms with van der Waals surface area (Å²) in [6.07, 6.45) is 6.93. The zero-order valence-corrected chi connectivity index (χ0v) is 15.6. The number of hydrogen-bond donors (Lipinski definition) is 1. The number of pyridine rings is 1. The van der Waals surface area contributed by atoms with Gasteiger partial charge in [0, 0.05) is 18.9 Å². The molecule has 6 heteroatoms. The first-order chi connectivity index (χ1) is 10.2. The molecule has 3 rings (SSSR count). The molecule has 0 aliphatic carbocycles. The molecule has 0 amide bonds. The van der Waals surface area contributed by atoms with E-state index in [0.717, 1.165) is 24.7 Å². The molecule has 0 atom stereocenters. The van der Waals surface area contributed by atoms with Crippen LogP contribution in [0.15, 0.2) is 24.5 Å². The number of rotatable bonds is 5. The average molecular weight is 359 g/mol. The fraction of sp³-hybridized carbons (Fsp3) is 0.588. The molecular weight excluding hydrogens is 331 g/mol. The summed E-state index contributed by atoms with van der Waals surface area (Å²) in [6, 6.07) is 4.22. The highest BCUT2D eigenvalue weighted by molar-refractivity contribution is 5.85. The van der Waals surface area contributed by atoms with E-state index in [1.54, 1.807) is 0 Å². The van der Waals surface area contributed by atoms with Crippen molar-refractivity contribution in [2.75, 3.05) is 26.2 Å². The molecule has 3 heterocycles. The normalized spacial score (nSPS) is 16.1. The van der Waals surface area contributed by atoms with Gasteiger partial charge in [0.25, 0.3) is 0 Å². The number of fused-ring (bicyclic) bond motifs is 1. The van der Waals surface area contributed by atoms with Crippen LogP contribution in [0.5, 0.6) is 0 Å². The standard InChI is InChI=1S/C17H26N4.2ClH/c1-3-18-10-15-6-8-20(9-7-15)12-16-13-21-11-14(2)4-5-17(21)19-16;;/h4-5,11,13,15,18H,3,6-10,12H2,1-2H3;2*1H. The molecule has 2 aromatic heterocycles. The maximum absolute atomic E-state index is 4.73. The fourth-order valence-corrected chi connectivity index (χ4v) is 3.16. The molecule has 0 saturated carbocycles. The van der Waals surface area contributed by atoms with Gasteiger partial charge in [-0.1, -0.05) is 13.0 Å². The Labute approximate surface area is 151 Å². The molecule has 0 bridgehead atoms. The Hall–Kier alpha value is -0.810. The van der Waals surface area contributed by atoms with E-state index in [1.807, 2.05) is 0 Å². The molecule has 1 N–H and O–H groups in total. The summed E-state index contributed by atoms with van der Waals surface area (Å²) in [7, 11) is 0. The van der Waals surface area contributed by atoms with Crippen LogP contribution in [-0.2, 0) is 6.54 Å². The first-order valence-electron chi connectivity index (χ1n) is 8.12. The van der Waals surface area contributed by atoms with Crippen LogP contribution >= 0.6 is 24.8 Å². The van der Waals surface area contributed by atoms with E-state index in [4.69, 9.17) is 4.98 Å². The van der Waals surface area contributed by atoms with Gasteiger partial charge >= 0.3 is 0 Å². The lowest BCUT2D eigenvalue weighted by Crippen LogP contribution is -2.36. The van der Waals surface area contributed by atoms with E-state index in [2.05, 4.69) is 53.0 Å². The molecule has 0 unspecified atom stereocenters. The highest BCUT2D eigenvalue weighted by atomic mass is 35.5. The lowest BCUT2D eigenvalue weighted by atomic mass is 9.97. The third-order valence-corrected chi connectivity index (χ3v) is 4.42. The smallest absolute Gasteiger partial charge is 0.137 e. The number of imidazole rings is 1. The van der Waals surface area contributed by atoms with Gasteiger partial charge in [-0.2, -0.15) is 0 Å². The highest BCUT2D eigenvalue weighted by Gasteiger charge is 2.19. The van der Waals surface area contributed by atoms with Gasteiger partial charge in [-0.3, -0.25) is 4.90 Å². The van der Waals surface area contributed by atoms with Crippen LogP contribution in [0.1, 0.15) is 31.0 Å². The minimum absolute atomic E-state index is 0. The topological polar surface area (TPSA) is 32.6 Å². The number of likely N-dealkylation sites (tertiary alicyclic amines) is 1. The van der Waals surface area contributed by atoms with Crippen molar-refractivity contribution in [2.24, 2.45) is 5.92 Å². The second-order valence-corrected chi connectivity index (χ2v) is 6.23. The maximum Gasteiger partial charge on any atom is 0.137 e.